The number of amides is 1. The molecule has 0 bridgehead atoms. The fourth-order valence-corrected chi connectivity index (χ4v) is 1.99. The van der Waals surface area contributed by atoms with Crippen molar-refractivity contribution in [2.45, 2.75) is 20.4 Å². The highest BCUT2D eigenvalue weighted by Gasteiger charge is 2.13. The number of hydrogen-bond acceptors (Lipinski definition) is 4. The zero-order valence-corrected chi connectivity index (χ0v) is 12.4. The van der Waals surface area contributed by atoms with E-state index in [9.17, 15) is 4.79 Å². The fraction of sp³-hybridized carbons (Fsp3) is 0.312. The molecule has 2 aromatic heterocycles. The highest BCUT2D eigenvalue weighted by molar-refractivity contribution is 5.92. The Morgan fingerprint density at radius 1 is 1.14 bits per heavy atom. The monoisotopic (exact) mass is 284 g/mol. The van der Waals surface area contributed by atoms with E-state index in [4.69, 9.17) is 0 Å². The van der Waals surface area contributed by atoms with Gasteiger partial charge < -0.3 is 10.2 Å². The van der Waals surface area contributed by atoms with Crippen molar-refractivity contribution in [1.29, 1.82) is 0 Å². The van der Waals surface area contributed by atoms with Crippen LogP contribution < -0.4 is 5.32 Å². The lowest BCUT2D eigenvalue weighted by atomic mass is 10.3. The number of hydrogen-bond donors (Lipinski definition) is 1. The molecule has 0 aromatic carbocycles. The Kier molecular flexibility index (Phi) is 5.26. The number of nitrogens with zero attached hydrogens (tertiary/aromatic N) is 3. The molecule has 5 heteroatoms. The number of aromatic nitrogens is 2. The summed E-state index contributed by atoms with van der Waals surface area (Å²) in [6.45, 7) is 5.94. The molecule has 1 N–H and O–H groups in total. The van der Waals surface area contributed by atoms with Crippen LogP contribution in [0.15, 0.2) is 42.7 Å². The van der Waals surface area contributed by atoms with Crippen LogP contribution in [-0.2, 0) is 6.54 Å². The van der Waals surface area contributed by atoms with Crippen molar-refractivity contribution in [3.05, 3.63) is 54.1 Å². The third-order valence-corrected chi connectivity index (χ3v) is 3.23. The first kappa shape index (κ1) is 15.0. The molecule has 5 nitrogen and oxygen atoms in total. The molecule has 2 rings (SSSR count). The van der Waals surface area contributed by atoms with E-state index in [0.29, 0.717) is 25.3 Å². The first-order valence-corrected chi connectivity index (χ1v) is 7.13. The highest BCUT2D eigenvalue weighted by atomic mass is 16.2. The SMILES string of the molecule is CCN(CC)C(=O)c1ccc(NCc2ccccn2)cn1. The maximum absolute atomic E-state index is 12.1. The van der Waals surface area contributed by atoms with Crippen LogP contribution in [0.1, 0.15) is 30.0 Å². The average molecular weight is 284 g/mol. The summed E-state index contributed by atoms with van der Waals surface area (Å²) in [6.07, 6.45) is 3.45. The van der Waals surface area contributed by atoms with Crippen molar-refractivity contribution in [2.75, 3.05) is 18.4 Å². The van der Waals surface area contributed by atoms with Gasteiger partial charge in [0.25, 0.3) is 5.91 Å². The van der Waals surface area contributed by atoms with Gasteiger partial charge in [0.2, 0.25) is 0 Å². The van der Waals surface area contributed by atoms with Gasteiger partial charge in [-0.05, 0) is 38.1 Å². The van der Waals surface area contributed by atoms with Gasteiger partial charge in [0.15, 0.2) is 0 Å². The van der Waals surface area contributed by atoms with Gasteiger partial charge in [-0.2, -0.15) is 0 Å². The van der Waals surface area contributed by atoms with Gasteiger partial charge in [-0.25, -0.2) is 4.98 Å². The van der Waals surface area contributed by atoms with Crippen LogP contribution in [0.3, 0.4) is 0 Å². The van der Waals surface area contributed by atoms with E-state index in [1.807, 2.05) is 38.1 Å². The third kappa shape index (κ3) is 4.02. The zero-order valence-electron chi connectivity index (χ0n) is 12.4. The molecular weight excluding hydrogens is 264 g/mol. The summed E-state index contributed by atoms with van der Waals surface area (Å²) in [5, 5.41) is 3.23. The van der Waals surface area contributed by atoms with Crippen molar-refractivity contribution in [3.63, 3.8) is 0 Å². The molecule has 0 aliphatic carbocycles. The minimum atomic E-state index is -0.0312. The Bertz CT molecular complexity index is 565. The van der Waals surface area contributed by atoms with Gasteiger partial charge in [-0.15, -0.1) is 0 Å². The van der Waals surface area contributed by atoms with Gasteiger partial charge in [-0.3, -0.25) is 9.78 Å². The first-order chi connectivity index (χ1) is 10.2. The van der Waals surface area contributed by atoms with Crippen LogP contribution in [0, 0.1) is 0 Å². The first-order valence-electron chi connectivity index (χ1n) is 7.13. The molecule has 0 saturated carbocycles. The number of nitrogens with one attached hydrogen (secondary N) is 1. The van der Waals surface area contributed by atoms with Gasteiger partial charge in [0.1, 0.15) is 5.69 Å². The summed E-state index contributed by atoms with van der Waals surface area (Å²) in [5.41, 5.74) is 2.31. The zero-order chi connectivity index (χ0) is 15.1. The van der Waals surface area contributed by atoms with Crippen molar-refractivity contribution >= 4 is 11.6 Å². The molecule has 0 atom stereocenters. The normalized spacial score (nSPS) is 10.2. The lowest BCUT2D eigenvalue weighted by Gasteiger charge is -2.18. The minimum Gasteiger partial charge on any atom is -0.378 e. The largest absolute Gasteiger partial charge is 0.378 e. The lowest BCUT2D eigenvalue weighted by molar-refractivity contribution is 0.0767. The van der Waals surface area contributed by atoms with Crippen LogP contribution in [0.5, 0.6) is 0 Å². The number of carbonyl (C=O) groups is 1. The number of pyridine rings is 2. The van der Waals surface area contributed by atoms with E-state index in [-0.39, 0.29) is 5.91 Å². The molecule has 21 heavy (non-hydrogen) atoms. The fourth-order valence-electron chi connectivity index (χ4n) is 1.99. The molecule has 0 spiro atoms. The Hall–Kier alpha value is -2.43. The maximum Gasteiger partial charge on any atom is 0.272 e. The van der Waals surface area contributed by atoms with Crippen LogP contribution in [-0.4, -0.2) is 33.9 Å². The van der Waals surface area contributed by atoms with E-state index in [0.717, 1.165) is 11.4 Å². The molecule has 2 aromatic rings. The van der Waals surface area contributed by atoms with Crippen LogP contribution >= 0.6 is 0 Å². The maximum atomic E-state index is 12.1. The summed E-state index contributed by atoms with van der Waals surface area (Å²) in [4.78, 5) is 22.4. The molecule has 0 saturated heterocycles. The Balaban J connectivity index is 1.97. The van der Waals surface area contributed by atoms with Gasteiger partial charge in [0.05, 0.1) is 24.1 Å². The average Bonchev–Trinajstić information content (AvgIpc) is 2.55. The predicted octanol–water partition coefficient (Wildman–Crippen LogP) is 2.57. The second-order valence-electron chi connectivity index (χ2n) is 4.58. The highest BCUT2D eigenvalue weighted by Crippen LogP contribution is 2.09. The van der Waals surface area contributed by atoms with E-state index in [1.165, 1.54) is 0 Å². The Labute approximate surface area is 125 Å². The number of rotatable bonds is 6. The molecule has 2 heterocycles. The van der Waals surface area contributed by atoms with Crippen molar-refractivity contribution in [1.82, 2.24) is 14.9 Å². The van der Waals surface area contributed by atoms with Crippen LogP contribution in [0.25, 0.3) is 0 Å². The van der Waals surface area contributed by atoms with Crippen LogP contribution in [0.2, 0.25) is 0 Å². The molecular formula is C16H20N4O. The quantitative estimate of drug-likeness (QED) is 0.885. The van der Waals surface area contributed by atoms with Gasteiger partial charge in [0, 0.05) is 19.3 Å². The number of carbonyl (C=O) groups excluding carboxylic acids is 1. The second-order valence-corrected chi connectivity index (χ2v) is 4.58. The van der Waals surface area contributed by atoms with Crippen molar-refractivity contribution in [3.8, 4) is 0 Å². The smallest absolute Gasteiger partial charge is 0.272 e. The topological polar surface area (TPSA) is 58.1 Å². The van der Waals surface area contributed by atoms with E-state index < -0.39 is 0 Å². The van der Waals surface area contributed by atoms with E-state index in [1.54, 1.807) is 23.4 Å². The van der Waals surface area contributed by atoms with Crippen molar-refractivity contribution in [2.24, 2.45) is 0 Å². The van der Waals surface area contributed by atoms with Gasteiger partial charge >= 0.3 is 0 Å². The summed E-state index contributed by atoms with van der Waals surface area (Å²) in [5.74, 6) is -0.0312. The summed E-state index contributed by atoms with van der Waals surface area (Å²) in [6, 6.07) is 9.42. The van der Waals surface area contributed by atoms with E-state index in [2.05, 4.69) is 15.3 Å². The Morgan fingerprint density at radius 2 is 1.95 bits per heavy atom. The molecule has 0 aliphatic heterocycles. The third-order valence-electron chi connectivity index (χ3n) is 3.23. The summed E-state index contributed by atoms with van der Waals surface area (Å²) < 4.78 is 0. The minimum absolute atomic E-state index is 0.0312. The molecule has 1 amide bonds. The molecule has 110 valence electrons. The molecule has 0 unspecified atom stereocenters. The molecule has 0 radical (unpaired) electrons. The van der Waals surface area contributed by atoms with Crippen molar-refractivity contribution < 1.29 is 4.79 Å². The molecule has 0 aliphatic rings. The standard InChI is InChI=1S/C16H20N4O/c1-3-20(4-2)16(21)15-9-8-14(12-19-15)18-11-13-7-5-6-10-17-13/h5-10,12,18H,3-4,11H2,1-2H3. The lowest BCUT2D eigenvalue weighted by Crippen LogP contribution is -2.31. The summed E-state index contributed by atoms with van der Waals surface area (Å²) >= 11 is 0. The second kappa shape index (κ2) is 7.38. The van der Waals surface area contributed by atoms with Crippen LogP contribution in [0.4, 0.5) is 5.69 Å². The number of anilines is 1. The summed E-state index contributed by atoms with van der Waals surface area (Å²) in [7, 11) is 0. The van der Waals surface area contributed by atoms with E-state index >= 15 is 0 Å². The predicted molar refractivity (Wildman–Crippen MR) is 83.1 cm³/mol. The molecule has 0 fully saturated rings. The Morgan fingerprint density at radius 3 is 2.52 bits per heavy atom. The van der Waals surface area contributed by atoms with Gasteiger partial charge in [-0.1, -0.05) is 6.07 Å².